The van der Waals surface area contributed by atoms with E-state index < -0.39 is 0 Å². The van der Waals surface area contributed by atoms with Crippen molar-refractivity contribution in [3.05, 3.63) is 23.5 Å². The third-order valence-electron chi connectivity index (χ3n) is 3.50. The van der Waals surface area contributed by atoms with Gasteiger partial charge in [-0.15, -0.1) is 0 Å². The molecule has 2 N–H and O–H groups in total. The van der Waals surface area contributed by atoms with E-state index in [9.17, 15) is 5.11 Å². The summed E-state index contributed by atoms with van der Waals surface area (Å²) in [5.74, 6) is 0.0394. The van der Waals surface area contributed by atoms with Gasteiger partial charge in [0, 0.05) is 5.69 Å². The number of aryl methyl sites for hydroxylation is 1. The van der Waals surface area contributed by atoms with Gasteiger partial charge in [-0.3, -0.25) is 0 Å². The van der Waals surface area contributed by atoms with Crippen molar-refractivity contribution in [2.24, 2.45) is 5.16 Å². The molecule has 1 aliphatic heterocycles. The lowest BCUT2D eigenvalue weighted by Gasteiger charge is -2.26. The van der Waals surface area contributed by atoms with Crippen molar-refractivity contribution in [1.82, 2.24) is 9.88 Å². The number of pyridine rings is 1. The minimum absolute atomic E-state index is 0.0394. The van der Waals surface area contributed by atoms with Crippen molar-refractivity contribution < 1.29 is 10.3 Å². The van der Waals surface area contributed by atoms with Crippen molar-refractivity contribution in [1.29, 1.82) is 0 Å². The number of likely N-dealkylation sites (tertiary alicyclic amines) is 1. The molecule has 2 rings (SSSR count). The van der Waals surface area contributed by atoms with Gasteiger partial charge in [-0.2, -0.15) is 0 Å². The third kappa shape index (κ3) is 4.21. The minimum Gasteiger partial charge on any atom is -0.506 e. The zero-order valence-corrected chi connectivity index (χ0v) is 11.1. The molecule has 0 radical (unpaired) electrons. The quantitative estimate of drug-likeness (QED) is 0.484. The molecule has 1 aliphatic rings. The van der Waals surface area contributed by atoms with Crippen molar-refractivity contribution >= 4 is 6.21 Å². The molecular formula is C14H21N3O2. The maximum atomic E-state index is 9.52. The molecule has 19 heavy (non-hydrogen) atoms. The fourth-order valence-corrected chi connectivity index (χ4v) is 2.47. The number of piperidine rings is 1. The molecule has 0 aromatic carbocycles. The largest absolute Gasteiger partial charge is 0.506 e. The van der Waals surface area contributed by atoms with Crippen LogP contribution in [0, 0.1) is 0 Å². The molecule has 5 heteroatoms. The number of nitrogens with zero attached hydrogens (tertiary/aromatic N) is 3. The monoisotopic (exact) mass is 263 g/mol. The summed E-state index contributed by atoms with van der Waals surface area (Å²) >= 11 is 0. The van der Waals surface area contributed by atoms with Gasteiger partial charge in [0.05, 0.1) is 6.21 Å². The molecule has 0 spiro atoms. The second-order valence-electron chi connectivity index (χ2n) is 4.96. The standard InChI is InChI=1S/C14H21N3O2/c18-14-7-6-12(16-13(14)11-15-19)5-4-10-17-8-2-1-3-9-17/h6-7,11,18-19H,1-5,8-10H2/b15-11+. The van der Waals surface area contributed by atoms with Crippen LogP contribution in [0.25, 0.3) is 0 Å². The molecule has 0 amide bonds. The second kappa shape index (κ2) is 7.09. The van der Waals surface area contributed by atoms with Crippen LogP contribution in [0.2, 0.25) is 0 Å². The molecule has 1 aromatic rings. The summed E-state index contributed by atoms with van der Waals surface area (Å²) in [6.45, 7) is 3.53. The molecule has 104 valence electrons. The molecule has 0 aliphatic carbocycles. The molecule has 0 unspecified atom stereocenters. The smallest absolute Gasteiger partial charge is 0.142 e. The molecule has 1 aromatic heterocycles. The van der Waals surface area contributed by atoms with E-state index in [4.69, 9.17) is 5.21 Å². The van der Waals surface area contributed by atoms with E-state index in [0.717, 1.165) is 31.3 Å². The molecular weight excluding hydrogens is 242 g/mol. The summed E-state index contributed by atoms with van der Waals surface area (Å²) in [6.07, 6.45) is 7.09. The lowest BCUT2D eigenvalue weighted by atomic mass is 10.1. The Morgan fingerprint density at radius 1 is 1.26 bits per heavy atom. The Kier molecular flexibility index (Phi) is 5.15. The van der Waals surface area contributed by atoms with Crippen LogP contribution in [-0.2, 0) is 6.42 Å². The zero-order chi connectivity index (χ0) is 13.5. The van der Waals surface area contributed by atoms with E-state index in [-0.39, 0.29) is 5.75 Å². The van der Waals surface area contributed by atoms with Crippen LogP contribution in [0.1, 0.15) is 37.1 Å². The first kappa shape index (κ1) is 13.8. The first-order chi connectivity index (χ1) is 9.29. The predicted molar refractivity (Wildman–Crippen MR) is 73.9 cm³/mol. The number of aromatic nitrogens is 1. The van der Waals surface area contributed by atoms with Gasteiger partial charge in [0.25, 0.3) is 0 Å². The first-order valence-electron chi connectivity index (χ1n) is 6.88. The maximum Gasteiger partial charge on any atom is 0.142 e. The Balaban J connectivity index is 1.83. The topological polar surface area (TPSA) is 69.0 Å². The minimum atomic E-state index is 0.0394. The van der Waals surface area contributed by atoms with Crippen LogP contribution in [0.3, 0.4) is 0 Å². The third-order valence-corrected chi connectivity index (χ3v) is 3.50. The lowest BCUT2D eigenvalue weighted by molar-refractivity contribution is 0.226. The van der Waals surface area contributed by atoms with Gasteiger partial charge >= 0.3 is 0 Å². The van der Waals surface area contributed by atoms with Gasteiger partial charge in [0.2, 0.25) is 0 Å². The molecule has 2 heterocycles. The van der Waals surface area contributed by atoms with Crippen LogP contribution in [0.15, 0.2) is 17.3 Å². The molecule has 0 bridgehead atoms. The van der Waals surface area contributed by atoms with Crippen LogP contribution >= 0.6 is 0 Å². The molecule has 0 atom stereocenters. The fraction of sp³-hybridized carbons (Fsp3) is 0.571. The highest BCUT2D eigenvalue weighted by Crippen LogP contribution is 2.14. The Hall–Kier alpha value is -1.62. The van der Waals surface area contributed by atoms with Crippen LogP contribution in [0.5, 0.6) is 5.75 Å². The van der Waals surface area contributed by atoms with E-state index in [0.29, 0.717) is 5.69 Å². The number of hydrogen-bond acceptors (Lipinski definition) is 5. The highest BCUT2D eigenvalue weighted by molar-refractivity contribution is 5.80. The van der Waals surface area contributed by atoms with Crippen molar-refractivity contribution in [3.8, 4) is 5.75 Å². The summed E-state index contributed by atoms with van der Waals surface area (Å²) in [5.41, 5.74) is 1.24. The molecule has 1 saturated heterocycles. The van der Waals surface area contributed by atoms with Crippen molar-refractivity contribution in [2.75, 3.05) is 19.6 Å². The second-order valence-corrected chi connectivity index (χ2v) is 4.96. The predicted octanol–water partition coefficient (Wildman–Crippen LogP) is 2.01. The number of oxime groups is 1. The molecule has 5 nitrogen and oxygen atoms in total. The van der Waals surface area contributed by atoms with Gasteiger partial charge in [-0.25, -0.2) is 4.98 Å². The highest BCUT2D eigenvalue weighted by Gasteiger charge is 2.09. The average molecular weight is 263 g/mol. The Labute approximate surface area is 113 Å². The average Bonchev–Trinajstić information content (AvgIpc) is 2.44. The summed E-state index contributed by atoms with van der Waals surface area (Å²) < 4.78 is 0. The van der Waals surface area contributed by atoms with E-state index in [1.54, 1.807) is 6.07 Å². The normalized spacial score (nSPS) is 17.1. The van der Waals surface area contributed by atoms with Gasteiger partial charge in [-0.1, -0.05) is 11.6 Å². The molecule has 0 saturated carbocycles. The van der Waals surface area contributed by atoms with Crippen LogP contribution in [0.4, 0.5) is 0 Å². The summed E-state index contributed by atoms with van der Waals surface area (Å²) in [7, 11) is 0. The van der Waals surface area contributed by atoms with Gasteiger partial charge in [0.15, 0.2) is 0 Å². The van der Waals surface area contributed by atoms with Crippen LogP contribution in [-0.4, -0.2) is 46.0 Å². The van der Waals surface area contributed by atoms with E-state index in [1.165, 1.54) is 32.4 Å². The SMILES string of the molecule is O/N=C/c1nc(CCCN2CCCCC2)ccc1O. The Morgan fingerprint density at radius 2 is 2.05 bits per heavy atom. The van der Waals surface area contributed by atoms with Gasteiger partial charge in [-0.05, 0) is 57.5 Å². The highest BCUT2D eigenvalue weighted by atomic mass is 16.4. The van der Waals surface area contributed by atoms with Crippen molar-refractivity contribution in [3.63, 3.8) is 0 Å². The van der Waals surface area contributed by atoms with E-state index >= 15 is 0 Å². The van der Waals surface area contributed by atoms with Gasteiger partial charge < -0.3 is 15.2 Å². The van der Waals surface area contributed by atoms with Crippen LogP contribution < -0.4 is 0 Å². The van der Waals surface area contributed by atoms with Crippen molar-refractivity contribution in [2.45, 2.75) is 32.1 Å². The first-order valence-corrected chi connectivity index (χ1v) is 6.88. The van der Waals surface area contributed by atoms with Gasteiger partial charge in [0.1, 0.15) is 11.4 Å². The fourth-order valence-electron chi connectivity index (χ4n) is 2.47. The summed E-state index contributed by atoms with van der Waals surface area (Å²) in [5, 5.41) is 20.9. The maximum absolute atomic E-state index is 9.52. The Morgan fingerprint density at radius 3 is 2.79 bits per heavy atom. The van der Waals surface area contributed by atoms with E-state index in [1.807, 2.05) is 6.07 Å². The Bertz CT molecular complexity index is 429. The number of aromatic hydroxyl groups is 1. The number of rotatable bonds is 5. The summed E-state index contributed by atoms with van der Waals surface area (Å²) in [6, 6.07) is 3.42. The lowest BCUT2D eigenvalue weighted by Crippen LogP contribution is -2.30. The van der Waals surface area contributed by atoms with E-state index in [2.05, 4.69) is 15.0 Å². The summed E-state index contributed by atoms with van der Waals surface area (Å²) in [4.78, 5) is 6.77. The number of hydrogen-bond donors (Lipinski definition) is 2. The zero-order valence-electron chi connectivity index (χ0n) is 11.1. The molecule has 1 fully saturated rings.